The maximum atomic E-state index is 12.1. The summed E-state index contributed by atoms with van der Waals surface area (Å²) in [4.78, 5) is 12.1. The second-order valence-electron chi connectivity index (χ2n) is 4.55. The molecular weight excluding hydrogens is 216 g/mol. The lowest BCUT2D eigenvalue weighted by Crippen LogP contribution is -2.25. The van der Waals surface area contributed by atoms with Gasteiger partial charge in [0.1, 0.15) is 12.4 Å². The molecule has 3 nitrogen and oxygen atoms in total. The number of fused-ring (bicyclic) bond motifs is 1. The van der Waals surface area contributed by atoms with Gasteiger partial charge in [-0.05, 0) is 26.3 Å². The van der Waals surface area contributed by atoms with E-state index in [2.05, 4.69) is 0 Å². The van der Waals surface area contributed by atoms with Crippen LogP contribution < -0.4 is 4.74 Å². The SMILES string of the molecule is CC(C)OCC(=O)C1CCOc2ccccc21. The minimum Gasteiger partial charge on any atom is -0.493 e. The van der Waals surface area contributed by atoms with Crippen molar-refractivity contribution in [1.29, 1.82) is 0 Å². The molecule has 0 aromatic heterocycles. The van der Waals surface area contributed by atoms with Crippen LogP contribution in [-0.2, 0) is 9.53 Å². The number of Topliss-reactive ketones (excluding diaryl/α,β-unsaturated/α-hetero) is 1. The summed E-state index contributed by atoms with van der Waals surface area (Å²) in [6, 6.07) is 7.75. The zero-order valence-corrected chi connectivity index (χ0v) is 10.3. The highest BCUT2D eigenvalue weighted by Crippen LogP contribution is 2.33. The van der Waals surface area contributed by atoms with Crippen molar-refractivity contribution in [3.63, 3.8) is 0 Å². The summed E-state index contributed by atoms with van der Waals surface area (Å²) in [6.07, 6.45) is 0.839. The summed E-state index contributed by atoms with van der Waals surface area (Å²) in [6.45, 7) is 4.67. The smallest absolute Gasteiger partial charge is 0.166 e. The lowest BCUT2D eigenvalue weighted by Gasteiger charge is -2.25. The van der Waals surface area contributed by atoms with E-state index in [1.54, 1.807) is 0 Å². The van der Waals surface area contributed by atoms with Gasteiger partial charge in [-0.2, -0.15) is 0 Å². The second kappa shape index (κ2) is 5.32. The van der Waals surface area contributed by atoms with E-state index in [4.69, 9.17) is 9.47 Å². The van der Waals surface area contributed by atoms with Crippen LogP contribution in [0.2, 0.25) is 0 Å². The summed E-state index contributed by atoms with van der Waals surface area (Å²) in [7, 11) is 0. The first-order valence-corrected chi connectivity index (χ1v) is 6.04. The van der Waals surface area contributed by atoms with E-state index in [1.165, 1.54) is 0 Å². The second-order valence-corrected chi connectivity index (χ2v) is 4.55. The van der Waals surface area contributed by atoms with Crippen molar-refractivity contribution in [3.8, 4) is 5.75 Å². The standard InChI is InChI=1S/C14H18O3/c1-10(2)17-9-13(15)11-7-8-16-14-6-4-3-5-12(11)14/h3-6,10-11H,7-9H2,1-2H3. The lowest BCUT2D eigenvalue weighted by atomic mass is 9.90. The van der Waals surface area contributed by atoms with E-state index in [1.807, 2.05) is 38.1 Å². The molecule has 2 rings (SSSR count). The number of carbonyl (C=O) groups is 1. The third-order valence-electron chi connectivity index (χ3n) is 2.91. The van der Waals surface area contributed by atoms with E-state index in [0.29, 0.717) is 6.61 Å². The van der Waals surface area contributed by atoms with E-state index in [9.17, 15) is 4.79 Å². The zero-order valence-electron chi connectivity index (χ0n) is 10.3. The third kappa shape index (κ3) is 2.86. The number of hydrogen-bond acceptors (Lipinski definition) is 3. The van der Waals surface area contributed by atoms with Crippen LogP contribution in [0, 0.1) is 0 Å². The fraction of sp³-hybridized carbons (Fsp3) is 0.500. The van der Waals surface area contributed by atoms with Gasteiger partial charge in [0.25, 0.3) is 0 Å². The predicted molar refractivity (Wildman–Crippen MR) is 65.4 cm³/mol. The summed E-state index contributed by atoms with van der Waals surface area (Å²) < 4.78 is 10.9. The average molecular weight is 234 g/mol. The Hall–Kier alpha value is -1.35. The highest BCUT2D eigenvalue weighted by Gasteiger charge is 2.27. The number of carbonyl (C=O) groups excluding carboxylic acids is 1. The molecule has 0 saturated carbocycles. The van der Waals surface area contributed by atoms with Gasteiger partial charge in [-0.1, -0.05) is 18.2 Å². The quantitative estimate of drug-likeness (QED) is 0.803. The van der Waals surface area contributed by atoms with Crippen LogP contribution in [0.5, 0.6) is 5.75 Å². The zero-order chi connectivity index (χ0) is 12.3. The highest BCUT2D eigenvalue weighted by atomic mass is 16.5. The van der Waals surface area contributed by atoms with Crippen LogP contribution in [0.15, 0.2) is 24.3 Å². The molecule has 1 aromatic carbocycles. The number of rotatable bonds is 4. The Morgan fingerprint density at radius 1 is 1.47 bits per heavy atom. The molecule has 0 saturated heterocycles. The molecule has 1 aromatic rings. The van der Waals surface area contributed by atoms with Crippen LogP contribution >= 0.6 is 0 Å². The summed E-state index contributed by atoms with van der Waals surface area (Å²) in [5.74, 6) is 0.912. The average Bonchev–Trinajstić information content (AvgIpc) is 2.35. The van der Waals surface area contributed by atoms with Crippen LogP contribution in [0.4, 0.5) is 0 Å². The van der Waals surface area contributed by atoms with Gasteiger partial charge in [0, 0.05) is 5.56 Å². The largest absolute Gasteiger partial charge is 0.493 e. The minimum absolute atomic E-state index is 0.0706. The highest BCUT2D eigenvalue weighted by molar-refractivity contribution is 5.87. The normalized spacial score (nSPS) is 18.6. The fourth-order valence-corrected chi connectivity index (χ4v) is 2.03. The minimum atomic E-state index is -0.0706. The van der Waals surface area contributed by atoms with Crippen LogP contribution in [0.1, 0.15) is 31.7 Å². The molecule has 1 aliphatic rings. The molecule has 0 spiro atoms. The number of hydrogen-bond donors (Lipinski definition) is 0. The third-order valence-corrected chi connectivity index (χ3v) is 2.91. The maximum absolute atomic E-state index is 12.1. The molecule has 1 aliphatic heterocycles. The Labute approximate surface area is 102 Å². The van der Waals surface area contributed by atoms with Crippen molar-refractivity contribution in [3.05, 3.63) is 29.8 Å². The molecule has 92 valence electrons. The van der Waals surface area contributed by atoms with Crippen molar-refractivity contribution in [2.75, 3.05) is 13.2 Å². The topological polar surface area (TPSA) is 35.5 Å². The van der Waals surface area contributed by atoms with Gasteiger partial charge in [-0.3, -0.25) is 4.79 Å². The summed E-state index contributed by atoms with van der Waals surface area (Å²) in [5, 5.41) is 0. The maximum Gasteiger partial charge on any atom is 0.166 e. The molecule has 17 heavy (non-hydrogen) atoms. The Morgan fingerprint density at radius 2 is 2.24 bits per heavy atom. The molecule has 0 amide bonds. The number of para-hydroxylation sites is 1. The van der Waals surface area contributed by atoms with E-state index in [0.717, 1.165) is 17.7 Å². The molecule has 1 heterocycles. The van der Waals surface area contributed by atoms with Crippen molar-refractivity contribution in [2.45, 2.75) is 32.3 Å². The number of benzene rings is 1. The van der Waals surface area contributed by atoms with Gasteiger partial charge < -0.3 is 9.47 Å². The van der Waals surface area contributed by atoms with Crippen molar-refractivity contribution >= 4 is 5.78 Å². The van der Waals surface area contributed by atoms with Crippen LogP contribution in [-0.4, -0.2) is 25.1 Å². The molecular formula is C14H18O3. The van der Waals surface area contributed by atoms with Gasteiger partial charge in [-0.25, -0.2) is 0 Å². The van der Waals surface area contributed by atoms with E-state index < -0.39 is 0 Å². The van der Waals surface area contributed by atoms with Gasteiger partial charge in [0.2, 0.25) is 0 Å². The molecule has 1 unspecified atom stereocenters. The number of ether oxygens (including phenoxy) is 2. The number of ketones is 1. The molecule has 3 heteroatoms. The molecule has 1 atom stereocenters. The van der Waals surface area contributed by atoms with E-state index in [-0.39, 0.29) is 24.4 Å². The van der Waals surface area contributed by atoms with Gasteiger partial charge in [0.15, 0.2) is 5.78 Å². The molecule has 0 N–H and O–H groups in total. The van der Waals surface area contributed by atoms with Crippen molar-refractivity contribution in [2.24, 2.45) is 0 Å². The van der Waals surface area contributed by atoms with Crippen molar-refractivity contribution in [1.82, 2.24) is 0 Å². The van der Waals surface area contributed by atoms with Crippen LogP contribution in [0.25, 0.3) is 0 Å². The molecule has 0 radical (unpaired) electrons. The Kier molecular flexibility index (Phi) is 3.79. The predicted octanol–water partition coefficient (Wildman–Crippen LogP) is 2.55. The Bertz CT molecular complexity index is 398. The lowest BCUT2D eigenvalue weighted by molar-refractivity contribution is -0.127. The summed E-state index contributed by atoms with van der Waals surface area (Å²) in [5.41, 5.74) is 0.996. The van der Waals surface area contributed by atoms with Crippen molar-refractivity contribution < 1.29 is 14.3 Å². The first-order valence-electron chi connectivity index (χ1n) is 6.04. The fourth-order valence-electron chi connectivity index (χ4n) is 2.03. The van der Waals surface area contributed by atoms with Gasteiger partial charge >= 0.3 is 0 Å². The first kappa shape index (κ1) is 12.1. The Balaban J connectivity index is 2.10. The first-order chi connectivity index (χ1) is 8.18. The Morgan fingerprint density at radius 3 is 3.00 bits per heavy atom. The van der Waals surface area contributed by atoms with Crippen LogP contribution in [0.3, 0.4) is 0 Å². The van der Waals surface area contributed by atoms with E-state index >= 15 is 0 Å². The van der Waals surface area contributed by atoms with Gasteiger partial charge in [0.05, 0.1) is 18.6 Å². The monoisotopic (exact) mass is 234 g/mol. The van der Waals surface area contributed by atoms with Gasteiger partial charge in [-0.15, -0.1) is 0 Å². The molecule has 0 bridgehead atoms. The molecule has 0 fully saturated rings. The molecule has 0 aliphatic carbocycles. The summed E-state index contributed by atoms with van der Waals surface area (Å²) >= 11 is 0.